The van der Waals surface area contributed by atoms with Gasteiger partial charge >= 0.3 is 6.18 Å². The summed E-state index contributed by atoms with van der Waals surface area (Å²) in [6.45, 7) is 3.11. The summed E-state index contributed by atoms with van der Waals surface area (Å²) < 4.78 is 47.6. The topological polar surface area (TPSA) is 43.4 Å². The van der Waals surface area contributed by atoms with E-state index in [9.17, 15) is 13.2 Å². The van der Waals surface area contributed by atoms with E-state index in [1.165, 1.54) is 6.07 Å². The van der Waals surface area contributed by atoms with Crippen LogP contribution in [0.5, 0.6) is 0 Å². The van der Waals surface area contributed by atoms with Gasteiger partial charge in [0.2, 0.25) is 0 Å². The van der Waals surface area contributed by atoms with Crippen LogP contribution in [-0.2, 0) is 15.7 Å². The molecule has 1 saturated heterocycles. The lowest BCUT2D eigenvalue weighted by atomic mass is 10.2. The lowest BCUT2D eigenvalue weighted by Gasteiger charge is -2.22. The van der Waals surface area contributed by atoms with Gasteiger partial charge in [0.15, 0.2) is 5.79 Å². The number of ether oxygens (including phenoxy) is 2. The first-order chi connectivity index (χ1) is 8.39. The van der Waals surface area contributed by atoms with Gasteiger partial charge in [-0.05, 0) is 19.1 Å². The Morgan fingerprint density at radius 3 is 2.50 bits per heavy atom. The van der Waals surface area contributed by atoms with Crippen LogP contribution in [-0.4, -0.2) is 30.5 Å². The monoisotopic (exact) mass is 262 g/mol. The Balaban J connectivity index is 1.94. The van der Waals surface area contributed by atoms with E-state index in [0.29, 0.717) is 25.6 Å². The Labute approximate surface area is 102 Å². The molecule has 18 heavy (non-hydrogen) atoms. The highest BCUT2D eigenvalue weighted by Gasteiger charge is 2.32. The molecule has 0 amide bonds. The van der Waals surface area contributed by atoms with E-state index >= 15 is 0 Å². The third-order valence-electron chi connectivity index (χ3n) is 2.58. The van der Waals surface area contributed by atoms with E-state index in [1.54, 1.807) is 6.92 Å². The third-order valence-corrected chi connectivity index (χ3v) is 2.58. The Kier molecular flexibility index (Phi) is 3.45. The molecule has 0 aromatic carbocycles. The van der Waals surface area contributed by atoms with Crippen LogP contribution in [0.2, 0.25) is 0 Å². The zero-order chi connectivity index (χ0) is 13.2. The molecule has 100 valence electrons. The normalized spacial score (nSPS) is 18.9. The number of rotatable bonds is 3. The minimum absolute atomic E-state index is 0.325. The first-order valence-electron chi connectivity index (χ1n) is 5.44. The molecule has 0 radical (unpaired) electrons. The largest absolute Gasteiger partial charge is 0.417 e. The second-order valence-corrected chi connectivity index (χ2v) is 4.11. The van der Waals surface area contributed by atoms with Crippen LogP contribution in [0, 0.1) is 0 Å². The third kappa shape index (κ3) is 3.11. The van der Waals surface area contributed by atoms with Gasteiger partial charge in [-0.3, -0.25) is 0 Å². The summed E-state index contributed by atoms with van der Waals surface area (Å²) in [6.07, 6.45) is -3.57. The molecule has 0 saturated carbocycles. The van der Waals surface area contributed by atoms with Crippen molar-refractivity contribution < 1.29 is 22.6 Å². The smallest absolute Gasteiger partial charge is 0.365 e. The molecule has 0 unspecified atom stereocenters. The molecule has 0 atom stereocenters. The van der Waals surface area contributed by atoms with Crippen molar-refractivity contribution in [1.29, 1.82) is 0 Å². The molecule has 1 aromatic heterocycles. The minimum Gasteiger partial charge on any atom is -0.365 e. The fourth-order valence-corrected chi connectivity index (χ4v) is 1.58. The lowest BCUT2D eigenvalue weighted by molar-refractivity contribution is -0.137. The molecule has 0 spiro atoms. The molecule has 1 aliphatic heterocycles. The van der Waals surface area contributed by atoms with Gasteiger partial charge in [0.1, 0.15) is 5.82 Å². The van der Waals surface area contributed by atoms with Gasteiger partial charge in [-0.1, -0.05) is 0 Å². The van der Waals surface area contributed by atoms with Gasteiger partial charge in [0.25, 0.3) is 0 Å². The second kappa shape index (κ2) is 4.74. The number of aromatic nitrogens is 1. The average molecular weight is 262 g/mol. The van der Waals surface area contributed by atoms with Crippen LogP contribution in [0.4, 0.5) is 19.0 Å². The van der Waals surface area contributed by atoms with Crippen LogP contribution < -0.4 is 5.32 Å². The number of pyridine rings is 1. The Morgan fingerprint density at radius 1 is 1.33 bits per heavy atom. The fourth-order valence-electron chi connectivity index (χ4n) is 1.58. The molecule has 1 aliphatic rings. The van der Waals surface area contributed by atoms with Crippen LogP contribution in [0.15, 0.2) is 18.3 Å². The first-order valence-corrected chi connectivity index (χ1v) is 5.44. The van der Waals surface area contributed by atoms with Crippen molar-refractivity contribution >= 4 is 5.82 Å². The van der Waals surface area contributed by atoms with Gasteiger partial charge in [-0.25, -0.2) is 4.98 Å². The van der Waals surface area contributed by atoms with Crippen molar-refractivity contribution in [2.24, 2.45) is 0 Å². The summed E-state index contributed by atoms with van der Waals surface area (Å²) in [5.41, 5.74) is -0.771. The molecular formula is C11H13F3N2O2. The van der Waals surface area contributed by atoms with Gasteiger partial charge < -0.3 is 14.8 Å². The van der Waals surface area contributed by atoms with E-state index in [-0.39, 0.29) is 0 Å². The standard InChI is InChI=1S/C11H13F3N2O2/c1-10(17-4-5-18-10)7-16-9-3-2-8(6-15-9)11(12,13)14/h2-3,6H,4-5,7H2,1H3,(H,15,16). The minimum atomic E-state index is -4.37. The number of anilines is 1. The summed E-state index contributed by atoms with van der Waals surface area (Å²) in [4.78, 5) is 3.69. The van der Waals surface area contributed by atoms with Crippen molar-refractivity contribution in [3.05, 3.63) is 23.9 Å². The maximum atomic E-state index is 12.3. The lowest BCUT2D eigenvalue weighted by Crippen LogP contribution is -2.34. The number of hydrogen-bond donors (Lipinski definition) is 1. The van der Waals surface area contributed by atoms with Crippen molar-refractivity contribution in [1.82, 2.24) is 4.98 Å². The molecular weight excluding hydrogens is 249 g/mol. The van der Waals surface area contributed by atoms with Gasteiger partial charge in [0.05, 0.1) is 25.3 Å². The van der Waals surface area contributed by atoms with E-state index in [4.69, 9.17) is 9.47 Å². The molecule has 2 rings (SSSR count). The summed E-state index contributed by atoms with van der Waals surface area (Å²) in [5.74, 6) is -0.395. The molecule has 0 bridgehead atoms. The molecule has 1 fully saturated rings. The Hall–Kier alpha value is -1.34. The highest BCUT2D eigenvalue weighted by molar-refractivity contribution is 5.36. The molecule has 2 heterocycles. The highest BCUT2D eigenvalue weighted by atomic mass is 19.4. The van der Waals surface area contributed by atoms with Crippen LogP contribution in [0.3, 0.4) is 0 Å². The van der Waals surface area contributed by atoms with Gasteiger partial charge in [0, 0.05) is 6.20 Å². The predicted molar refractivity (Wildman–Crippen MR) is 58.0 cm³/mol. The zero-order valence-corrected chi connectivity index (χ0v) is 9.75. The first kappa shape index (κ1) is 13.1. The molecule has 1 aromatic rings. The van der Waals surface area contributed by atoms with Crippen molar-refractivity contribution in [2.45, 2.75) is 18.9 Å². The Bertz CT molecular complexity index is 400. The quantitative estimate of drug-likeness (QED) is 0.907. The summed E-state index contributed by atoms with van der Waals surface area (Å²) in [5, 5.41) is 2.88. The molecule has 7 heteroatoms. The summed E-state index contributed by atoms with van der Waals surface area (Å²) in [6, 6.07) is 2.26. The Morgan fingerprint density at radius 2 is 2.00 bits per heavy atom. The van der Waals surface area contributed by atoms with E-state index in [1.807, 2.05) is 0 Å². The predicted octanol–water partition coefficient (Wildman–Crippen LogP) is 2.28. The van der Waals surface area contributed by atoms with Crippen molar-refractivity contribution in [2.75, 3.05) is 25.1 Å². The fraction of sp³-hybridized carbons (Fsp3) is 0.545. The summed E-state index contributed by atoms with van der Waals surface area (Å²) in [7, 11) is 0. The van der Waals surface area contributed by atoms with Crippen LogP contribution >= 0.6 is 0 Å². The zero-order valence-electron chi connectivity index (χ0n) is 9.75. The number of nitrogens with zero attached hydrogens (tertiary/aromatic N) is 1. The molecule has 0 aliphatic carbocycles. The maximum absolute atomic E-state index is 12.3. The van der Waals surface area contributed by atoms with Gasteiger partial charge in [-0.15, -0.1) is 0 Å². The van der Waals surface area contributed by atoms with Crippen LogP contribution in [0.1, 0.15) is 12.5 Å². The average Bonchev–Trinajstić information content (AvgIpc) is 2.74. The number of hydrogen-bond acceptors (Lipinski definition) is 4. The van der Waals surface area contributed by atoms with Crippen molar-refractivity contribution in [3.63, 3.8) is 0 Å². The molecule has 1 N–H and O–H groups in total. The van der Waals surface area contributed by atoms with E-state index < -0.39 is 17.5 Å². The van der Waals surface area contributed by atoms with Crippen molar-refractivity contribution in [3.8, 4) is 0 Å². The van der Waals surface area contributed by atoms with E-state index in [2.05, 4.69) is 10.3 Å². The second-order valence-electron chi connectivity index (χ2n) is 4.11. The number of nitrogens with one attached hydrogen (secondary N) is 1. The highest BCUT2D eigenvalue weighted by Crippen LogP contribution is 2.29. The van der Waals surface area contributed by atoms with Gasteiger partial charge in [-0.2, -0.15) is 13.2 Å². The van der Waals surface area contributed by atoms with E-state index in [0.717, 1.165) is 12.3 Å². The van der Waals surface area contributed by atoms with Crippen LogP contribution in [0.25, 0.3) is 0 Å². The number of alkyl halides is 3. The summed E-state index contributed by atoms with van der Waals surface area (Å²) >= 11 is 0. The SMILES string of the molecule is CC1(CNc2ccc(C(F)(F)F)cn2)OCCO1. The number of halogens is 3. The molecule has 4 nitrogen and oxygen atoms in total. The maximum Gasteiger partial charge on any atom is 0.417 e.